The molecule has 0 aliphatic heterocycles. The lowest BCUT2D eigenvalue weighted by Crippen LogP contribution is -2.08. The number of aliphatic hydroxyl groups is 1. The van der Waals surface area contributed by atoms with Crippen LogP contribution in [0.15, 0.2) is 27.4 Å². The Morgan fingerprint density at radius 1 is 1.00 bits per heavy atom. The first-order valence-electron chi connectivity index (χ1n) is 9.33. The van der Waals surface area contributed by atoms with Crippen LogP contribution in [-0.2, 0) is 0 Å². The highest BCUT2D eigenvalue weighted by atomic mass is 16.5. The zero-order chi connectivity index (χ0) is 18.8. The fourth-order valence-electron chi connectivity index (χ4n) is 2.68. The van der Waals surface area contributed by atoms with Crippen molar-refractivity contribution < 1.29 is 24.1 Å². The van der Waals surface area contributed by atoms with Crippen molar-refractivity contribution in [2.24, 2.45) is 0 Å². The first-order chi connectivity index (χ1) is 12.7. The second-order valence-electron chi connectivity index (χ2n) is 6.27. The number of hydrogen-bond donors (Lipinski definition) is 2. The van der Waals surface area contributed by atoms with Crippen molar-refractivity contribution in [2.75, 3.05) is 19.8 Å². The molecule has 0 atom stereocenters. The lowest BCUT2D eigenvalue weighted by molar-refractivity contribution is 0.233. The van der Waals surface area contributed by atoms with Gasteiger partial charge in [0.2, 0.25) is 5.75 Å². The number of aliphatic hydroxyl groups excluding tert-OH is 1. The van der Waals surface area contributed by atoms with Crippen LogP contribution in [0.3, 0.4) is 0 Å². The predicted octanol–water partition coefficient (Wildman–Crippen LogP) is 4.00. The van der Waals surface area contributed by atoms with Crippen molar-refractivity contribution in [2.45, 2.75) is 51.9 Å². The van der Waals surface area contributed by atoms with Crippen molar-refractivity contribution in [1.29, 1.82) is 0 Å². The molecule has 144 valence electrons. The zero-order valence-corrected chi connectivity index (χ0v) is 15.3. The molecule has 1 aromatic carbocycles. The van der Waals surface area contributed by atoms with E-state index in [-0.39, 0.29) is 23.7 Å². The molecule has 6 heteroatoms. The minimum atomic E-state index is -0.685. The first-order valence-corrected chi connectivity index (χ1v) is 9.33. The highest BCUT2D eigenvalue weighted by Crippen LogP contribution is 2.33. The summed E-state index contributed by atoms with van der Waals surface area (Å²) in [6.45, 7) is 2.95. The van der Waals surface area contributed by atoms with E-state index >= 15 is 0 Å². The number of ether oxygens (including phenoxy) is 2. The number of aromatic hydroxyl groups is 1. The molecule has 1 aromatic heterocycles. The number of hydrogen-bond acceptors (Lipinski definition) is 6. The van der Waals surface area contributed by atoms with Gasteiger partial charge in [-0.05, 0) is 24.6 Å². The Bertz CT molecular complexity index is 737. The quantitative estimate of drug-likeness (QED) is 0.437. The molecule has 26 heavy (non-hydrogen) atoms. The second-order valence-corrected chi connectivity index (χ2v) is 6.27. The Morgan fingerprint density at radius 2 is 1.73 bits per heavy atom. The Labute approximate surface area is 153 Å². The average Bonchev–Trinajstić information content (AvgIpc) is 2.64. The van der Waals surface area contributed by atoms with Crippen LogP contribution in [0.25, 0.3) is 11.0 Å². The fourth-order valence-corrected chi connectivity index (χ4v) is 2.68. The van der Waals surface area contributed by atoms with E-state index in [1.54, 1.807) is 18.2 Å². The van der Waals surface area contributed by atoms with Gasteiger partial charge in [-0.25, -0.2) is 4.79 Å². The third kappa shape index (κ3) is 5.66. The van der Waals surface area contributed by atoms with E-state index in [0.717, 1.165) is 19.3 Å². The van der Waals surface area contributed by atoms with Crippen LogP contribution in [0.2, 0.25) is 0 Å². The van der Waals surface area contributed by atoms with E-state index in [0.29, 0.717) is 30.8 Å². The molecular formula is C20H28O6. The van der Waals surface area contributed by atoms with Crippen molar-refractivity contribution in [1.82, 2.24) is 0 Å². The van der Waals surface area contributed by atoms with Gasteiger partial charge in [-0.2, -0.15) is 0 Å². The third-order valence-corrected chi connectivity index (χ3v) is 4.12. The van der Waals surface area contributed by atoms with E-state index in [4.69, 9.17) is 19.0 Å². The molecular weight excluding hydrogens is 336 g/mol. The molecule has 0 amide bonds. The molecule has 6 nitrogen and oxygen atoms in total. The largest absolute Gasteiger partial charge is 0.504 e. The van der Waals surface area contributed by atoms with Crippen LogP contribution >= 0.6 is 0 Å². The summed E-state index contributed by atoms with van der Waals surface area (Å²) in [5.74, 6) is 0.144. The topological polar surface area (TPSA) is 89.1 Å². The maximum absolute atomic E-state index is 12.0. The van der Waals surface area contributed by atoms with Crippen molar-refractivity contribution in [3.05, 3.63) is 28.6 Å². The molecule has 0 aliphatic rings. The van der Waals surface area contributed by atoms with Crippen LogP contribution in [-0.4, -0.2) is 30.0 Å². The van der Waals surface area contributed by atoms with Crippen LogP contribution in [0.5, 0.6) is 17.2 Å². The Kier molecular flexibility index (Phi) is 8.28. The maximum Gasteiger partial charge on any atom is 0.383 e. The van der Waals surface area contributed by atoms with E-state index in [1.807, 2.05) is 0 Å². The minimum absolute atomic E-state index is 0.0458. The maximum atomic E-state index is 12.0. The summed E-state index contributed by atoms with van der Waals surface area (Å²) in [6.07, 6.45) is 7.16. The van der Waals surface area contributed by atoms with E-state index < -0.39 is 5.63 Å². The fraction of sp³-hybridized carbons (Fsp3) is 0.550. The highest BCUT2D eigenvalue weighted by molar-refractivity contribution is 5.86. The van der Waals surface area contributed by atoms with Gasteiger partial charge in [0.05, 0.1) is 18.6 Å². The predicted molar refractivity (Wildman–Crippen MR) is 100 cm³/mol. The molecule has 2 rings (SSSR count). The molecule has 1 heterocycles. The van der Waals surface area contributed by atoms with Gasteiger partial charge in [0.25, 0.3) is 0 Å². The van der Waals surface area contributed by atoms with Crippen LogP contribution in [0, 0.1) is 0 Å². The van der Waals surface area contributed by atoms with Gasteiger partial charge in [-0.3, -0.25) is 0 Å². The summed E-state index contributed by atoms with van der Waals surface area (Å²) in [6, 6.07) is 4.82. The van der Waals surface area contributed by atoms with E-state index in [1.165, 1.54) is 19.3 Å². The van der Waals surface area contributed by atoms with E-state index in [2.05, 4.69) is 6.92 Å². The molecule has 0 unspecified atom stereocenters. The lowest BCUT2D eigenvalue weighted by Gasteiger charge is -2.10. The average molecular weight is 364 g/mol. The van der Waals surface area contributed by atoms with Gasteiger partial charge in [0.1, 0.15) is 11.3 Å². The Morgan fingerprint density at radius 3 is 2.50 bits per heavy atom. The molecule has 0 saturated carbocycles. The normalized spacial score (nSPS) is 11.0. The number of benzene rings is 1. The van der Waals surface area contributed by atoms with Gasteiger partial charge >= 0.3 is 5.63 Å². The number of rotatable bonds is 12. The van der Waals surface area contributed by atoms with Gasteiger partial charge in [-0.15, -0.1) is 0 Å². The summed E-state index contributed by atoms with van der Waals surface area (Å²) in [5.41, 5.74) is -0.413. The van der Waals surface area contributed by atoms with E-state index in [9.17, 15) is 9.90 Å². The van der Waals surface area contributed by atoms with Gasteiger partial charge in [-0.1, -0.05) is 39.0 Å². The highest BCUT2D eigenvalue weighted by Gasteiger charge is 2.16. The molecule has 0 aliphatic carbocycles. The van der Waals surface area contributed by atoms with Crippen molar-refractivity contribution in [3.8, 4) is 17.2 Å². The Balaban J connectivity index is 2.03. The SMILES string of the molecule is CCCCCCCCOc1c(O)c2cc(OCCCO)ccc2oc1=O. The summed E-state index contributed by atoms with van der Waals surface area (Å²) in [7, 11) is 0. The summed E-state index contributed by atoms with van der Waals surface area (Å²) >= 11 is 0. The molecule has 2 N–H and O–H groups in total. The zero-order valence-electron chi connectivity index (χ0n) is 15.3. The summed E-state index contributed by atoms with van der Waals surface area (Å²) in [5, 5.41) is 19.6. The standard InChI is InChI=1S/C20H28O6/c1-2-3-4-5-6-7-12-25-19-18(22)16-14-15(24-13-8-11-21)9-10-17(16)26-20(19)23/h9-10,14,21-22H,2-8,11-13H2,1H3. The molecule has 0 spiro atoms. The molecule has 0 saturated heterocycles. The molecule has 2 aromatic rings. The summed E-state index contributed by atoms with van der Waals surface area (Å²) < 4.78 is 16.2. The molecule has 0 bridgehead atoms. The van der Waals surface area contributed by atoms with Crippen LogP contribution in [0.1, 0.15) is 51.9 Å². The Hall–Kier alpha value is -2.21. The lowest BCUT2D eigenvalue weighted by atomic mass is 10.1. The summed E-state index contributed by atoms with van der Waals surface area (Å²) in [4.78, 5) is 12.0. The third-order valence-electron chi connectivity index (χ3n) is 4.12. The van der Waals surface area contributed by atoms with Crippen LogP contribution in [0.4, 0.5) is 0 Å². The van der Waals surface area contributed by atoms with Crippen molar-refractivity contribution in [3.63, 3.8) is 0 Å². The monoisotopic (exact) mass is 364 g/mol. The van der Waals surface area contributed by atoms with Gasteiger partial charge < -0.3 is 24.1 Å². The van der Waals surface area contributed by atoms with Gasteiger partial charge in [0.15, 0.2) is 5.75 Å². The van der Waals surface area contributed by atoms with Crippen molar-refractivity contribution >= 4 is 11.0 Å². The molecule has 0 radical (unpaired) electrons. The first kappa shape index (κ1) is 20.1. The van der Waals surface area contributed by atoms with Crippen LogP contribution < -0.4 is 15.1 Å². The smallest absolute Gasteiger partial charge is 0.383 e. The molecule has 0 fully saturated rings. The van der Waals surface area contributed by atoms with Gasteiger partial charge in [0, 0.05) is 13.0 Å². The second kappa shape index (κ2) is 10.7. The number of fused-ring (bicyclic) bond motifs is 1. The number of unbranched alkanes of at least 4 members (excludes halogenated alkanes) is 5. The minimum Gasteiger partial charge on any atom is -0.504 e.